The highest BCUT2D eigenvalue weighted by atomic mass is 79.9. The molecule has 0 aliphatic heterocycles. The molecule has 0 saturated carbocycles. The Labute approximate surface area is 118 Å². The number of halogens is 2. The summed E-state index contributed by atoms with van der Waals surface area (Å²) in [5.41, 5.74) is 1.05. The zero-order valence-electron chi connectivity index (χ0n) is 11.5. The van der Waals surface area contributed by atoms with E-state index < -0.39 is 0 Å². The minimum Gasteiger partial charge on any atom is -0.313 e. The average Bonchev–Trinajstić information content (AvgIpc) is 2.37. The maximum Gasteiger partial charge on any atom is 0.123 e. The zero-order chi connectivity index (χ0) is 13.5. The van der Waals surface area contributed by atoms with Crippen molar-refractivity contribution in [2.24, 2.45) is 5.92 Å². The number of hydrogen-bond donors (Lipinski definition) is 1. The van der Waals surface area contributed by atoms with Crippen molar-refractivity contribution in [3.8, 4) is 0 Å². The molecule has 102 valence electrons. The van der Waals surface area contributed by atoms with Gasteiger partial charge in [0.25, 0.3) is 0 Å². The van der Waals surface area contributed by atoms with Gasteiger partial charge >= 0.3 is 0 Å². The van der Waals surface area contributed by atoms with E-state index in [1.165, 1.54) is 6.07 Å². The van der Waals surface area contributed by atoms with Gasteiger partial charge in [-0.1, -0.05) is 43.1 Å². The van der Waals surface area contributed by atoms with Crippen molar-refractivity contribution in [2.45, 2.75) is 46.1 Å². The second-order valence-electron chi connectivity index (χ2n) is 4.89. The maximum atomic E-state index is 13.3. The van der Waals surface area contributed by atoms with Crippen LogP contribution in [0.3, 0.4) is 0 Å². The van der Waals surface area contributed by atoms with Crippen LogP contribution in [0.1, 0.15) is 39.2 Å². The predicted molar refractivity (Wildman–Crippen MR) is 79.3 cm³/mol. The second-order valence-corrected chi connectivity index (χ2v) is 5.74. The summed E-state index contributed by atoms with van der Waals surface area (Å²) in [4.78, 5) is 0. The van der Waals surface area contributed by atoms with Gasteiger partial charge in [0.2, 0.25) is 0 Å². The Morgan fingerprint density at radius 1 is 1.33 bits per heavy atom. The molecule has 0 aliphatic carbocycles. The Morgan fingerprint density at radius 2 is 2.06 bits per heavy atom. The summed E-state index contributed by atoms with van der Waals surface area (Å²) >= 11 is 3.50. The van der Waals surface area contributed by atoms with Gasteiger partial charge in [-0.3, -0.25) is 0 Å². The third kappa shape index (κ3) is 4.69. The van der Waals surface area contributed by atoms with Crippen molar-refractivity contribution >= 4 is 15.9 Å². The molecule has 18 heavy (non-hydrogen) atoms. The lowest BCUT2D eigenvalue weighted by Crippen LogP contribution is -2.37. The average molecular weight is 316 g/mol. The highest BCUT2D eigenvalue weighted by molar-refractivity contribution is 9.10. The fourth-order valence-electron chi connectivity index (χ4n) is 2.03. The van der Waals surface area contributed by atoms with E-state index in [4.69, 9.17) is 0 Å². The smallest absolute Gasteiger partial charge is 0.123 e. The third-order valence-corrected chi connectivity index (χ3v) is 4.21. The zero-order valence-corrected chi connectivity index (χ0v) is 13.1. The van der Waals surface area contributed by atoms with Gasteiger partial charge in [0, 0.05) is 10.5 Å². The van der Waals surface area contributed by atoms with Gasteiger partial charge in [0.1, 0.15) is 5.82 Å². The van der Waals surface area contributed by atoms with E-state index in [0.717, 1.165) is 35.8 Å². The van der Waals surface area contributed by atoms with Crippen LogP contribution >= 0.6 is 15.9 Å². The lowest BCUT2D eigenvalue weighted by molar-refractivity contribution is 0.364. The van der Waals surface area contributed by atoms with Gasteiger partial charge in [-0.05, 0) is 49.1 Å². The normalized spacial score (nSPS) is 14.5. The molecule has 2 atom stereocenters. The first-order valence-electron chi connectivity index (χ1n) is 6.75. The minimum atomic E-state index is -0.161. The monoisotopic (exact) mass is 315 g/mol. The van der Waals surface area contributed by atoms with Crippen LogP contribution in [0.15, 0.2) is 22.7 Å². The molecular formula is C15H23BrFN. The van der Waals surface area contributed by atoms with E-state index in [1.807, 2.05) is 0 Å². The van der Waals surface area contributed by atoms with Crippen molar-refractivity contribution in [1.82, 2.24) is 5.32 Å². The molecule has 0 aliphatic rings. The Kier molecular flexibility index (Phi) is 6.87. The first-order chi connectivity index (χ1) is 8.58. The lowest BCUT2D eigenvalue weighted by Gasteiger charge is -2.25. The summed E-state index contributed by atoms with van der Waals surface area (Å²) in [5.74, 6) is 0.429. The van der Waals surface area contributed by atoms with Crippen LogP contribution in [0, 0.1) is 11.7 Å². The predicted octanol–water partition coefficient (Wildman–Crippen LogP) is 4.55. The van der Waals surface area contributed by atoms with E-state index in [1.54, 1.807) is 12.1 Å². The van der Waals surface area contributed by atoms with Crippen LogP contribution in [0.25, 0.3) is 0 Å². The number of rotatable bonds is 7. The van der Waals surface area contributed by atoms with Gasteiger partial charge in [-0.25, -0.2) is 4.39 Å². The second kappa shape index (κ2) is 7.90. The molecule has 0 saturated heterocycles. The van der Waals surface area contributed by atoms with Crippen LogP contribution < -0.4 is 5.32 Å². The van der Waals surface area contributed by atoms with Crippen LogP contribution in [0.4, 0.5) is 4.39 Å². The summed E-state index contributed by atoms with van der Waals surface area (Å²) in [6, 6.07) is 5.32. The topological polar surface area (TPSA) is 12.0 Å². The Bertz CT molecular complexity index is 368. The molecule has 2 unspecified atom stereocenters. The number of nitrogens with one attached hydrogen (secondary N) is 1. The van der Waals surface area contributed by atoms with Crippen LogP contribution in [-0.2, 0) is 6.42 Å². The molecule has 1 aromatic rings. The summed E-state index contributed by atoms with van der Waals surface area (Å²) in [6.07, 6.45) is 3.12. The summed E-state index contributed by atoms with van der Waals surface area (Å²) < 4.78 is 14.3. The largest absolute Gasteiger partial charge is 0.313 e. The van der Waals surface area contributed by atoms with E-state index in [2.05, 4.69) is 42.0 Å². The van der Waals surface area contributed by atoms with E-state index >= 15 is 0 Å². The summed E-state index contributed by atoms with van der Waals surface area (Å²) in [6.45, 7) is 7.63. The number of benzene rings is 1. The molecular weight excluding hydrogens is 293 g/mol. The molecule has 1 aromatic carbocycles. The lowest BCUT2D eigenvalue weighted by atomic mass is 9.93. The maximum absolute atomic E-state index is 13.3. The first kappa shape index (κ1) is 15.6. The molecule has 0 aromatic heterocycles. The highest BCUT2D eigenvalue weighted by Gasteiger charge is 2.17. The van der Waals surface area contributed by atoms with E-state index in [0.29, 0.717) is 12.0 Å². The van der Waals surface area contributed by atoms with Gasteiger partial charge in [0.05, 0.1) is 0 Å². The molecule has 0 bridgehead atoms. The fourth-order valence-corrected chi connectivity index (χ4v) is 2.43. The molecule has 0 fully saturated rings. The highest BCUT2D eigenvalue weighted by Crippen LogP contribution is 2.22. The third-order valence-electron chi connectivity index (χ3n) is 3.43. The fraction of sp³-hybridized carbons (Fsp3) is 0.600. The molecule has 0 spiro atoms. The summed E-state index contributed by atoms with van der Waals surface area (Å²) in [5, 5.41) is 3.57. The van der Waals surface area contributed by atoms with Gasteiger partial charge in [-0.2, -0.15) is 0 Å². The molecule has 0 amide bonds. The van der Waals surface area contributed by atoms with Crippen LogP contribution in [-0.4, -0.2) is 12.6 Å². The SMILES string of the molecule is CCCNC(Cc1cc(F)ccc1Br)C(C)CC. The molecule has 1 nitrogen and oxygen atoms in total. The molecule has 1 N–H and O–H groups in total. The van der Waals surface area contributed by atoms with Crippen molar-refractivity contribution in [2.75, 3.05) is 6.54 Å². The molecule has 1 rings (SSSR count). The molecule has 3 heteroatoms. The molecule has 0 radical (unpaired) electrons. The van der Waals surface area contributed by atoms with Crippen molar-refractivity contribution in [3.05, 3.63) is 34.1 Å². The number of hydrogen-bond acceptors (Lipinski definition) is 1. The van der Waals surface area contributed by atoms with Gasteiger partial charge in [-0.15, -0.1) is 0 Å². The van der Waals surface area contributed by atoms with Crippen LogP contribution in [0.2, 0.25) is 0 Å². The van der Waals surface area contributed by atoms with Crippen LogP contribution in [0.5, 0.6) is 0 Å². The van der Waals surface area contributed by atoms with E-state index in [9.17, 15) is 4.39 Å². The quantitative estimate of drug-likeness (QED) is 0.778. The van der Waals surface area contributed by atoms with E-state index in [-0.39, 0.29) is 5.82 Å². The molecule has 0 heterocycles. The first-order valence-corrected chi connectivity index (χ1v) is 7.55. The van der Waals surface area contributed by atoms with Crippen molar-refractivity contribution in [1.29, 1.82) is 0 Å². The minimum absolute atomic E-state index is 0.161. The van der Waals surface area contributed by atoms with Gasteiger partial charge in [0.15, 0.2) is 0 Å². The standard InChI is InChI=1S/C15H23BrFN/c1-4-8-18-15(11(3)5-2)10-12-9-13(17)6-7-14(12)16/h6-7,9,11,15,18H,4-5,8,10H2,1-3H3. The summed E-state index contributed by atoms with van der Waals surface area (Å²) in [7, 11) is 0. The van der Waals surface area contributed by atoms with Crippen molar-refractivity contribution < 1.29 is 4.39 Å². The Hall–Kier alpha value is -0.410. The van der Waals surface area contributed by atoms with Crippen molar-refractivity contribution in [3.63, 3.8) is 0 Å². The Balaban J connectivity index is 2.77. The van der Waals surface area contributed by atoms with Gasteiger partial charge < -0.3 is 5.32 Å². The Morgan fingerprint density at radius 3 is 2.67 bits per heavy atom.